The highest BCUT2D eigenvalue weighted by atomic mass is 16.2. The van der Waals surface area contributed by atoms with Crippen LogP contribution in [0.2, 0.25) is 0 Å². The molecule has 2 aromatic heterocycles. The van der Waals surface area contributed by atoms with Crippen molar-refractivity contribution in [2.24, 2.45) is 0 Å². The Morgan fingerprint density at radius 3 is 2.96 bits per heavy atom. The number of fused-ring (bicyclic) bond motifs is 1. The topological polar surface area (TPSA) is 78.8 Å². The average molecular weight is 314 g/mol. The van der Waals surface area contributed by atoms with E-state index in [1.807, 2.05) is 17.0 Å². The van der Waals surface area contributed by atoms with Gasteiger partial charge in [-0.1, -0.05) is 6.42 Å². The molecule has 2 aromatic rings. The zero-order valence-electron chi connectivity index (χ0n) is 13.2. The second-order valence-corrected chi connectivity index (χ2v) is 6.36. The van der Waals surface area contributed by atoms with Gasteiger partial charge in [-0.15, -0.1) is 10.2 Å². The van der Waals surface area contributed by atoms with Crippen LogP contribution in [0.3, 0.4) is 0 Å². The number of aromatic nitrogens is 4. The van der Waals surface area contributed by atoms with Gasteiger partial charge >= 0.3 is 0 Å². The molecule has 3 heterocycles. The van der Waals surface area contributed by atoms with E-state index in [0.717, 1.165) is 37.7 Å². The van der Waals surface area contributed by atoms with Crippen molar-refractivity contribution >= 4 is 5.91 Å². The Morgan fingerprint density at radius 1 is 1.30 bits per heavy atom. The molecule has 4 rings (SSSR count). The first-order chi connectivity index (χ1) is 11.3. The molecule has 1 aliphatic carbocycles. The van der Waals surface area contributed by atoms with Gasteiger partial charge in [0.05, 0.1) is 13.1 Å². The van der Waals surface area contributed by atoms with Crippen molar-refractivity contribution in [3.8, 4) is 0 Å². The first-order valence-electron chi connectivity index (χ1n) is 8.38. The first-order valence-corrected chi connectivity index (χ1v) is 8.38. The highest BCUT2D eigenvalue weighted by Gasteiger charge is 2.24. The molecular formula is C16H22N6O. The maximum atomic E-state index is 12.5. The summed E-state index contributed by atoms with van der Waals surface area (Å²) in [7, 11) is 0. The summed E-state index contributed by atoms with van der Waals surface area (Å²) in [5.41, 5.74) is 0.629. The highest BCUT2D eigenvalue weighted by Crippen LogP contribution is 2.19. The van der Waals surface area contributed by atoms with Gasteiger partial charge in [0.1, 0.15) is 11.5 Å². The second-order valence-electron chi connectivity index (χ2n) is 6.36. The maximum Gasteiger partial charge on any atom is 0.270 e. The lowest BCUT2D eigenvalue weighted by atomic mass is 9.93. The molecule has 1 fully saturated rings. The summed E-state index contributed by atoms with van der Waals surface area (Å²) in [5.74, 6) is 1.90. The van der Waals surface area contributed by atoms with Crippen molar-refractivity contribution in [2.75, 3.05) is 6.54 Å². The molecule has 1 amide bonds. The van der Waals surface area contributed by atoms with Crippen LogP contribution < -0.4 is 5.32 Å². The van der Waals surface area contributed by atoms with Gasteiger partial charge in [0.25, 0.3) is 5.91 Å². The van der Waals surface area contributed by atoms with Crippen molar-refractivity contribution in [3.05, 3.63) is 35.7 Å². The number of nitrogens with one attached hydrogen (secondary N) is 2. The normalized spacial score (nSPS) is 18.3. The van der Waals surface area contributed by atoms with Gasteiger partial charge in [-0.25, -0.2) is 0 Å². The van der Waals surface area contributed by atoms with Crippen LogP contribution in [-0.4, -0.2) is 43.1 Å². The predicted molar refractivity (Wildman–Crippen MR) is 84.7 cm³/mol. The van der Waals surface area contributed by atoms with E-state index in [1.165, 1.54) is 19.3 Å². The zero-order chi connectivity index (χ0) is 15.6. The molecule has 1 aliphatic heterocycles. The van der Waals surface area contributed by atoms with Gasteiger partial charge < -0.3 is 19.8 Å². The molecule has 7 nitrogen and oxygen atoms in total. The summed E-state index contributed by atoms with van der Waals surface area (Å²) in [6.07, 6.45) is 6.55. The second kappa shape index (κ2) is 6.16. The maximum absolute atomic E-state index is 12.5. The van der Waals surface area contributed by atoms with Crippen LogP contribution in [0, 0.1) is 0 Å². The van der Waals surface area contributed by atoms with E-state index in [0.29, 0.717) is 18.3 Å². The first kappa shape index (κ1) is 14.4. The molecule has 0 unspecified atom stereocenters. The van der Waals surface area contributed by atoms with E-state index in [1.54, 1.807) is 6.20 Å². The predicted octanol–water partition coefficient (Wildman–Crippen LogP) is 1.29. The number of nitrogens with zero attached hydrogens (tertiary/aromatic N) is 4. The number of hydrogen-bond donors (Lipinski definition) is 2. The molecule has 1 saturated carbocycles. The average Bonchev–Trinajstić information content (AvgIpc) is 3.11. The summed E-state index contributed by atoms with van der Waals surface area (Å²) in [6, 6.07) is 4.30. The molecule has 122 valence electrons. The van der Waals surface area contributed by atoms with Gasteiger partial charge in [-0.05, 0) is 31.4 Å². The van der Waals surface area contributed by atoms with E-state index in [9.17, 15) is 4.79 Å². The monoisotopic (exact) mass is 314 g/mol. The molecule has 0 saturated heterocycles. The third-order valence-corrected chi connectivity index (χ3v) is 4.82. The lowest BCUT2D eigenvalue weighted by Gasteiger charge is -2.26. The number of carbonyl (C=O) groups is 1. The standard InChI is InChI=1S/C16H22N6O/c23-16(13-6-2-7-17-13)21-8-3-9-22-14(19-20-15(22)11-21)10-18-12-4-1-5-12/h2,6-7,12,17-18H,1,3-5,8-11H2. The molecule has 0 aromatic carbocycles. The summed E-state index contributed by atoms with van der Waals surface area (Å²) < 4.78 is 2.17. The van der Waals surface area contributed by atoms with Crippen LogP contribution in [0.4, 0.5) is 0 Å². The van der Waals surface area contributed by atoms with Crippen molar-refractivity contribution in [3.63, 3.8) is 0 Å². The fourth-order valence-corrected chi connectivity index (χ4v) is 3.20. The van der Waals surface area contributed by atoms with Gasteiger partial charge in [-0.3, -0.25) is 4.79 Å². The minimum absolute atomic E-state index is 0.0283. The Morgan fingerprint density at radius 2 is 2.22 bits per heavy atom. The molecular weight excluding hydrogens is 292 g/mol. The van der Waals surface area contributed by atoms with Crippen LogP contribution in [-0.2, 0) is 19.6 Å². The molecule has 2 N–H and O–H groups in total. The summed E-state index contributed by atoms with van der Waals surface area (Å²) in [4.78, 5) is 17.4. The number of rotatable bonds is 4. The van der Waals surface area contributed by atoms with E-state index >= 15 is 0 Å². The van der Waals surface area contributed by atoms with Gasteiger partial charge in [0.15, 0.2) is 5.82 Å². The summed E-state index contributed by atoms with van der Waals surface area (Å²) >= 11 is 0. The number of amides is 1. The molecule has 2 aliphatic rings. The smallest absolute Gasteiger partial charge is 0.270 e. The summed E-state index contributed by atoms with van der Waals surface area (Å²) in [5, 5.41) is 12.2. The van der Waals surface area contributed by atoms with E-state index in [4.69, 9.17) is 0 Å². The molecule has 0 atom stereocenters. The molecule has 0 radical (unpaired) electrons. The highest BCUT2D eigenvalue weighted by molar-refractivity contribution is 5.92. The Balaban J connectivity index is 1.46. The minimum Gasteiger partial charge on any atom is -0.357 e. The van der Waals surface area contributed by atoms with Crippen LogP contribution in [0.25, 0.3) is 0 Å². The van der Waals surface area contributed by atoms with Crippen molar-refractivity contribution in [2.45, 2.75) is 51.4 Å². The lowest BCUT2D eigenvalue weighted by Crippen LogP contribution is -2.35. The number of hydrogen-bond acceptors (Lipinski definition) is 4. The van der Waals surface area contributed by atoms with Crippen LogP contribution >= 0.6 is 0 Å². The Labute approximate surface area is 135 Å². The molecule has 7 heteroatoms. The Hall–Kier alpha value is -2.15. The molecule has 0 spiro atoms. The third kappa shape index (κ3) is 2.88. The number of carbonyl (C=O) groups excluding carboxylic acids is 1. The number of aromatic amines is 1. The lowest BCUT2D eigenvalue weighted by molar-refractivity contribution is 0.0738. The van der Waals surface area contributed by atoms with Crippen LogP contribution in [0.1, 0.15) is 47.8 Å². The van der Waals surface area contributed by atoms with Crippen molar-refractivity contribution < 1.29 is 4.79 Å². The zero-order valence-corrected chi connectivity index (χ0v) is 13.2. The van der Waals surface area contributed by atoms with Gasteiger partial charge in [0.2, 0.25) is 0 Å². The Bertz CT molecular complexity index is 673. The van der Waals surface area contributed by atoms with Gasteiger partial charge in [0, 0.05) is 25.3 Å². The van der Waals surface area contributed by atoms with E-state index < -0.39 is 0 Å². The van der Waals surface area contributed by atoms with Gasteiger partial charge in [-0.2, -0.15) is 0 Å². The minimum atomic E-state index is 0.0283. The third-order valence-electron chi connectivity index (χ3n) is 4.82. The van der Waals surface area contributed by atoms with Crippen molar-refractivity contribution in [1.29, 1.82) is 0 Å². The fraction of sp³-hybridized carbons (Fsp3) is 0.562. The Kier molecular flexibility index (Phi) is 3.87. The summed E-state index contributed by atoms with van der Waals surface area (Å²) in [6.45, 7) is 2.91. The van der Waals surface area contributed by atoms with Crippen LogP contribution in [0.5, 0.6) is 0 Å². The SMILES string of the molecule is O=C(c1ccc[nH]1)N1CCCn2c(CNC3CCC3)nnc2C1. The molecule has 23 heavy (non-hydrogen) atoms. The largest absolute Gasteiger partial charge is 0.357 e. The molecule has 0 bridgehead atoms. The van der Waals surface area contributed by atoms with E-state index in [-0.39, 0.29) is 5.91 Å². The van der Waals surface area contributed by atoms with Crippen molar-refractivity contribution in [1.82, 2.24) is 30.0 Å². The fourth-order valence-electron chi connectivity index (χ4n) is 3.20. The quantitative estimate of drug-likeness (QED) is 0.891. The van der Waals surface area contributed by atoms with E-state index in [2.05, 4.69) is 25.1 Å². The van der Waals surface area contributed by atoms with Crippen LogP contribution in [0.15, 0.2) is 18.3 Å². The number of H-pyrrole nitrogens is 1.